The lowest BCUT2D eigenvalue weighted by Crippen LogP contribution is -2.20. The van der Waals surface area contributed by atoms with Crippen molar-refractivity contribution in [3.8, 4) is 6.01 Å². The molecule has 2 aromatic rings. The third kappa shape index (κ3) is 3.34. The van der Waals surface area contributed by atoms with Crippen molar-refractivity contribution >= 4 is 17.6 Å². The predicted octanol–water partition coefficient (Wildman–Crippen LogP) is 2.40. The molecular weight excluding hydrogens is 254 g/mol. The van der Waals surface area contributed by atoms with Crippen LogP contribution in [0.5, 0.6) is 6.01 Å². The van der Waals surface area contributed by atoms with E-state index in [4.69, 9.17) is 10.5 Å². The van der Waals surface area contributed by atoms with Crippen LogP contribution in [-0.2, 0) is 0 Å². The van der Waals surface area contributed by atoms with Gasteiger partial charge in [0.15, 0.2) is 0 Å². The lowest BCUT2D eigenvalue weighted by Gasteiger charge is -2.21. The highest BCUT2D eigenvalue weighted by Crippen LogP contribution is 2.23. The van der Waals surface area contributed by atoms with Gasteiger partial charge in [0, 0.05) is 12.2 Å². The van der Waals surface area contributed by atoms with Gasteiger partial charge >= 0.3 is 6.01 Å². The van der Waals surface area contributed by atoms with E-state index in [9.17, 15) is 0 Å². The molecule has 0 saturated carbocycles. The summed E-state index contributed by atoms with van der Waals surface area (Å²) >= 11 is 0. The van der Waals surface area contributed by atoms with Crippen LogP contribution >= 0.6 is 0 Å². The van der Waals surface area contributed by atoms with Gasteiger partial charge in [-0.15, -0.1) is 0 Å². The Morgan fingerprint density at radius 1 is 1.10 bits per heavy atom. The maximum Gasteiger partial charge on any atom is 0.323 e. The van der Waals surface area contributed by atoms with Gasteiger partial charge in [0.1, 0.15) is 0 Å². The molecule has 6 heteroatoms. The van der Waals surface area contributed by atoms with E-state index in [0.29, 0.717) is 12.6 Å². The number of rotatable bonds is 6. The first-order chi connectivity index (χ1) is 9.74. The Balaban J connectivity index is 2.32. The predicted molar refractivity (Wildman–Crippen MR) is 79.1 cm³/mol. The average molecular weight is 273 g/mol. The minimum Gasteiger partial charge on any atom is -0.463 e. The zero-order valence-corrected chi connectivity index (χ0v) is 11.8. The van der Waals surface area contributed by atoms with Crippen LogP contribution in [0.4, 0.5) is 17.6 Å². The summed E-state index contributed by atoms with van der Waals surface area (Å²) in [7, 11) is 0. The molecular formula is C14H19N5O. The Morgan fingerprint density at radius 3 is 2.50 bits per heavy atom. The Kier molecular flexibility index (Phi) is 4.70. The Hall–Kier alpha value is -2.37. The molecule has 0 saturated heterocycles. The molecule has 1 heterocycles. The minimum absolute atomic E-state index is 0.162. The molecule has 0 spiro atoms. The van der Waals surface area contributed by atoms with Crippen molar-refractivity contribution in [2.45, 2.75) is 20.3 Å². The number of benzene rings is 1. The number of para-hydroxylation sites is 1. The number of nitrogen functional groups attached to an aromatic ring is 1. The minimum atomic E-state index is 0.162. The van der Waals surface area contributed by atoms with E-state index in [1.165, 1.54) is 0 Å². The second kappa shape index (κ2) is 6.70. The highest BCUT2D eigenvalue weighted by atomic mass is 16.5. The molecule has 0 aliphatic rings. The van der Waals surface area contributed by atoms with E-state index < -0.39 is 0 Å². The molecule has 20 heavy (non-hydrogen) atoms. The van der Waals surface area contributed by atoms with E-state index in [0.717, 1.165) is 18.7 Å². The molecule has 0 amide bonds. The van der Waals surface area contributed by atoms with Crippen molar-refractivity contribution in [2.75, 3.05) is 23.8 Å². The number of hydrogen-bond donors (Lipinski definition) is 1. The SMILES string of the molecule is CCCOc1nc(N)nc(N(CC)c2ccccc2)n1. The van der Waals surface area contributed by atoms with E-state index >= 15 is 0 Å². The quantitative estimate of drug-likeness (QED) is 0.870. The fourth-order valence-electron chi connectivity index (χ4n) is 1.79. The Labute approximate surface area is 118 Å². The number of ether oxygens (including phenoxy) is 1. The fraction of sp³-hybridized carbons (Fsp3) is 0.357. The number of nitrogens with two attached hydrogens (primary N) is 1. The molecule has 0 bridgehead atoms. The van der Waals surface area contributed by atoms with Gasteiger partial charge in [-0.2, -0.15) is 15.0 Å². The number of hydrogen-bond acceptors (Lipinski definition) is 6. The van der Waals surface area contributed by atoms with Gasteiger partial charge < -0.3 is 15.4 Å². The van der Waals surface area contributed by atoms with Crippen LogP contribution in [0.3, 0.4) is 0 Å². The van der Waals surface area contributed by atoms with Crippen LogP contribution in [0.25, 0.3) is 0 Å². The molecule has 0 fully saturated rings. The zero-order valence-electron chi connectivity index (χ0n) is 11.8. The smallest absolute Gasteiger partial charge is 0.323 e. The summed E-state index contributed by atoms with van der Waals surface area (Å²) in [6.07, 6.45) is 0.886. The topological polar surface area (TPSA) is 77.2 Å². The second-order valence-corrected chi connectivity index (χ2v) is 4.20. The van der Waals surface area contributed by atoms with Gasteiger partial charge in [-0.05, 0) is 25.5 Å². The zero-order chi connectivity index (χ0) is 14.4. The highest BCUT2D eigenvalue weighted by molar-refractivity contribution is 5.57. The van der Waals surface area contributed by atoms with E-state index in [2.05, 4.69) is 15.0 Å². The van der Waals surface area contributed by atoms with Gasteiger partial charge in [-0.25, -0.2) is 0 Å². The Morgan fingerprint density at radius 2 is 1.85 bits per heavy atom. The highest BCUT2D eigenvalue weighted by Gasteiger charge is 2.13. The molecule has 106 valence electrons. The lowest BCUT2D eigenvalue weighted by atomic mass is 10.3. The molecule has 0 atom stereocenters. The maximum absolute atomic E-state index is 5.73. The number of aromatic nitrogens is 3. The van der Waals surface area contributed by atoms with E-state index in [1.54, 1.807) is 0 Å². The average Bonchev–Trinajstić information content (AvgIpc) is 2.46. The lowest BCUT2D eigenvalue weighted by molar-refractivity contribution is 0.292. The molecule has 0 unspecified atom stereocenters. The normalized spacial score (nSPS) is 10.3. The van der Waals surface area contributed by atoms with Gasteiger partial charge in [0.05, 0.1) is 6.61 Å². The molecule has 0 radical (unpaired) electrons. The van der Waals surface area contributed by atoms with Crippen molar-refractivity contribution in [1.82, 2.24) is 15.0 Å². The summed E-state index contributed by atoms with van der Waals surface area (Å²) in [5.74, 6) is 0.660. The molecule has 1 aromatic heterocycles. The number of nitrogens with zero attached hydrogens (tertiary/aromatic N) is 4. The van der Waals surface area contributed by atoms with Crippen molar-refractivity contribution in [2.24, 2.45) is 0 Å². The van der Waals surface area contributed by atoms with Crippen LogP contribution in [0.2, 0.25) is 0 Å². The van der Waals surface area contributed by atoms with Crippen molar-refractivity contribution in [3.05, 3.63) is 30.3 Å². The Bertz CT molecular complexity index is 547. The largest absolute Gasteiger partial charge is 0.463 e. The molecule has 1 aromatic carbocycles. The molecule has 2 N–H and O–H groups in total. The maximum atomic E-state index is 5.73. The van der Waals surface area contributed by atoms with Crippen LogP contribution in [0, 0.1) is 0 Å². The molecule has 2 rings (SSSR count). The summed E-state index contributed by atoms with van der Waals surface area (Å²) in [6.45, 7) is 5.33. The first-order valence-electron chi connectivity index (χ1n) is 6.71. The van der Waals surface area contributed by atoms with Gasteiger partial charge in [0.2, 0.25) is 11.9 Å². The standard InChI is InChI=1S/C14H19N5O/c1-3-10-20-14-17-12(15)16-13(18-14)19(4-2)11-8-6-5-7-9-11/h5-9H,3-4,10H2,1-2H3,(H2,15,16,17,18). The molecule has 0 aliphatic carbocycles. The summed E-state index contributed by atoms with van der Waals surface area (Å²) in [5.41, 5.74) is 6.73. The van der Waals surface area contributed by atoms with E-state index in [1.807, 2.05) is 49.1 Å². The monoisotopic (exact) mass is 273 g/mol. The summed E-state index contributed by atoms with van der Waals surface area (Å²) < 4.78 is 5.44. The first-order valence-corrected chi connectivity index (χ1v) is 6.71. The third-order valence-corrected chi connectivity index (χ3v) is 2.68. The van der Waals surface area contributed by atoms with Crippen LogP contribution in [-0.4, -0.2) is 28.1 Å². The second-order valence-electron chi connectivity index (χ2n) is 4.20. The van der Waals surface area contributed by atoms with Crippen LogP contribution in [0.1, 0.15) is 20.3 Å². The number of anilines is 3. The van der Waals surface area contributed by atoms with Gasteiger partial charge in [0.25, 0.3) is 0 Å². The summed E-state index contributed by atoms with van der Waals surface area (Å²) in [6, 6.07) is 10.2. The van der Waals surface area contributed by atoms with Gasteiger partial charge in [-0.3, -0.25) is 0 Å². The summed E-state index contributed by atoms with van der Waals surface area (Å²) in [4.78, 5) is 14.5. The van der Waals surface area contributed by atoms with Crippen molar-refractivity contribution in [1.29, 1.82) is 0 Å². The third-order valence-electron chi connectivity index (χ3n) is 2.68. The van der Waals surface area contributed by atoms with Crippen LogP contribution < -0.4 is 15.4 Å². The first kappa shape index (κ1) is 14.0. The summed E-state index contributed by atoms with van der Waals surface area (Å²) in [5, 5.41) is 0. The van der Waals surface area contributed by atoms with E-state index in [-0.39, 0.29) is 12.0 Å². The fourth-order valence-corrected chi connectivity index (χ4v) is 1.79. The van der Waals surface area contributed by atoms with Crippen molar-refractivity contribution < 1.29 is 4.74 Å². The van der Waals surface area contributed by atoms with Gasteiger partial charge in [-0.1, -0.05) is 25.1 Å². The van der Waals surface area contributed by atoms with Crippen LogP contribution in [0.15, 0.2) is 30.3 Å². The molecule has 0 aliphatic heterocycles. The van der Waals surface area contributed by atoms with Crippen molar-refractivity contribution in [3.63, 3.8) is 0 Å². The molecule has 6 nitrogen and oxygen atoms in total.